The maximum Gasteiger partial charge on any atom is 0.210 e. The van der Waals surface area contributed by atoms with Crippen molar-refractivity contribution in [2.45, 2.75) is 23.1 Å². The van der Waals surface area contributed by atoms with Crippen molar-refractivity contribution >= 4 is 53.2 Å². The Kier molecular flexibility index (Phi) is 6.21. The fourth-order valence-corrected chi connectivity index (χ4v) is 9.81. The molecular weight excluding hydrogens is 633 g/mol. The zero-order valence-corrected chi connectivity index (χ0v) is 28.1. The molecule has 1 aliphatic rings. The normalized spacial score (nSPS) is 13.3. The van der Waals surface area contributed by atoms with Gasteiger partial charge in [-0.25, -0.2) is 13.4 Å². The van der Waals surface area contributed by atoms with Crippen molar-refractivity contribution in [1.29, 1.82) is 0 Å². The molecule has 0 atom stereocenters. The minimum Gasteiger partial charge on any atom is -0.293 e. The highest BCUT2D eigenvalue weighted by Gasteiger charge is 2.35. The van der Waals surface area contributed by atoms with Gasteiger partial charge in [-0.15, -0.1) is 0 Å². The summed E-state index contributed by atoms with van der Waals surface area (Å²) in [6.07, 6.45) is 0.664. The summed E-state index contributed by atoms with van der Waals surface area (Å²) in [5, 5.41) is 6.98. The van der Waals surface area contributed by atoms with E-state index in [0.717, 1.165) is 44.4 Å². The molecule has 8 aromatic carbocycles. The lowest BCUT2D eigenvalue weighted by molar-refractivity contribution is 0.594. The summed E-state index contributed by atoms with van der Waals surface area (Å²) in [4.78, 5) is 5.53. The second-order valence-corrected chi connectivity index (χ2v) is 14.8. The molecule has 0 bridgehead atoms. The van der Waals surface area contributed by atoms with Crippen LogP contribution in [0.1, 0.15) is 12.7 Å². The van der Waals surface area contributed by atoms with Crippen LogP contribution in [-0.4, -0.2) is 18.0 Å². The Labute approximate surface area is 289 Å². The standard InChI is InChI=1S/C45H30N2O2S/c1-2-41-46-38-22-12-24-40-45(38)47(41)44-32(20-11-23-39(44)50(40,48)49)30-25-26-36-37(27-30)43(33-21-10-16-28-13-6-7-17-31(28)33)35-19-9-8-18-34(35)42(36)29-14-4-3-5-15-29/h3-27H,2H2,1H3. The first-order chi connectivity index (χ1) is 24.5. The highest BCUT2D eigenvalue weighted by Crippen LogP contribution is 2.48. The van der Waals surface area contributed by atoms with E-state index >= 15 is 0 Å². The van der Waals surface area contributed by atoms with Crippen LogP contribution in [-0.2, 0) is 16.3 Å². The predicted molar refractivity (Wildman–Crippen MR) is 205 cm³/mol. The molecule has 0 amide bonds. The number of hydrogen-bond donors (Lipinski definition) is 0. The second kappa shape index (κ2) is 10.7. The minimum atomic E-state index is -3.78. The fraction of sp³-hybridized carbons (Fsp3) is 0.0444. The number of aryl methyl sites for hydroxylation is 1. The van der Waals surface area contributed by atoms with E-state index < -0.39 is 9.84 Å². The first-order valence-corrected chi connectivity index (χ1v) is 18.4. The molecule has 0 saturated carbocycles. The largest absolute Gasteiger partial charge is 0.293 e. The van der Waals surface area contributed by atoms with Crippen LogP contribution in [0.3, 0.4) is 0 Å². The van der Waals surface area contributed by atoms with Crippen LogP contribution in [0.2, 0.25) is 0 Å². The average molecular weight is 663 g/mol. The van der Waals surface area contributed by atoms with Gasteiger partial charge in [-0.1, -0.05) is 134 Å². The minimum absolute atomic E-state index is 0.306. The SMILES string of the molecule is CCc1nc2cccc3c2n1-c1c(-c2ccc4c(-c5ccccc5)c5ccccc5c(-c5cccc6ccccc56)c4c2)cccc1S3(=O)=O. The quantitative estimate of drug-likeness (QED) is 0.176. The summed E-state index contributed by atoms with van der Waals surface area (Å²) in [5.41, 5.74) is 8.48. The van der Waals surface area contributed by atoms with Gasteiger partial charge in [0.1, 0.15) is 5.82 Å². The fourth-order valence-electron chi connectivity index (χ4n) is 8.16. The number of benzene rings is 8. The highest BCUT2D eigenvalue weighted by atomic mass is 32.2. The monoisotopic (exact) mass is 662 g/mol. The third-order valence-electron chi connectivity index (χ3n) is 10.3. The van der Waals surface area contributed by atoms with Gasteiger partial charge in [0.15, 0.2) is 0 Å². The van der Waals surface area contributed by atoms with Gasteiger partial charge in [-0.3, -0.25) is 4.57 Å². The maximum atomic E-state index is 14.2. The number of fused-ring (bicyclic) bond motifs is 5. The van der Waals surface area contributed by atoms with Crippen molar-refractivity contribution in [3.05, 3.63) is 157 Å². The number of nitrogens with zero attached hydrogens (tertiary/aromatic N) is 2. The predicted octanol–water partition coefficient (Wildman–Crippen LogP) is 11.2. The summed E-state index contributed by atoms with van der Waals surface area (Å²) >= 11 is 0. The van der Waals surface area contributed by atoms with Gasteiger partial charge < -0.3 is 0 Å². The highest BCUT2D eigenvalue weighted by molar-refractivity contribution is 7.92. The Morgan fingerprint density at radius 2 is 1.18 bits per heavy atom. The van der Waals surface area contributed by atoms with Crippen molar-refractivity contribution in [1.82, 2.24) is 9.55 Å². The van der Waals surface area contributed by atoms with Gasteiger partial charge >= 0.3 is 0 Å². The number of hydrogen-bond acceptors (Lipinski definition) is 3. The smallest absolute Gasteiger partial charge is 0.210 e. The molecule has 1 aromatic heterocycles. The molecule has 0 spiro atoms. The van der Waals surface area contributed by atoms with Crippen LogP contribution in [0.5, 0.6) is 0 Å². The molecule has 0 N–H and O–H groups in total. The van der Waals surface area contributed by atoms with Crippen LogP contribution in [0.25, 0.3) is 82.4 Å². The van der Waals surface area contributed by atoms with E-state index in [1.807, 2.05) is 18.2 Å². The van der Waals surface area contributed by atoms with Crippen LogP contribution in [0, 0.1) is 0 Å². The molecule has 1 aliphatic heterocycles. The van der Waals surface area contributed by atoms with E-state index in [4.69, 9.17) is 4.98 Å². The van der Waals surface area contributed by atoms with E-state index in [0.29, 0.717) is 32.9 Å². The zero-order valence-electron chi connectivity index (χ0n) is 27.3. The summed E-state index contributed by atoms with van der Waals surface area (Å²) in [6, 6.07) is 52.1. The number of rotatable bonds is 4. The van der Waals surface area contributed by atoms with Crippen LogP contribution in [0.4, 0.5) is 0 Å². The van der Waals surface area contributed by atoms with Crippen molar-refractivity contribution < 1.29 is 8.42 Å². The van der Waals surface area contributed by atoms with Crippen molar-refractivity contribution in [3.63, 3.8) is 0 Å². The Hall–Kier alpha value is -6.04. The Bertz CT molecular complexity index is 2970. The second-order valence-electron chi connectivity index (χ2n) is 12.9. The molecule has 5 heteroatoms. The van der Waals surface area contributed by atoms with E-state index in [1.165, 1.54) is 27.1 Å². The van der Waals surface area contributed by atoms with E-state index in [1.54, 1.807) is 18.2 Å². The number of sulfone groups is 1. The summed E-state index contributed by atoms with van der Waals surface area (Å²) in [7, 11) is -3.78. The number of imidazole rings is 1. The summed E-state index contributed by atoms with van der Waals surface area (Å²) < 4.78 is 30.6. The van der Waals surface area contributed by atoms with E-state index in [2.05, 4.69) is 127 Å². The maximum absolute atomic E-state index is 14.2. The number of aromatic nitrogens is 2. The summed E-state index contributed by atoms with van der Waals surface area (Å²) in [6.45, 7) is 2.07. The topological polar surface area (TPSA) is 52.0 Å². The molecule has 0 radical (unpaired) electrons. The van der Waals surface area contributed by atoms with Gasteiger partial charge in [0.05, 0.1) is 26.5 Å². The van der Waals surface area contributed by atoms with E-state index in [9.17, 15) is 8.42 Å². The van der Waals surface area contributed by atoms with Gasteiger partial charge in [0.25, 0.3) is 0 Å². The lowest BCUT2D eigenvalue weighted by Gasteiger charge is -2.24. The van der Waals surface area contributed by atoms with Gasteiger partial charge in [0, 0.05) is 12.0 Å². The van der Waals surface area contributed by atoms with Gasteiger partial charge in [-0.2, -0.15) is 0 Å². The lowest BCUT2D eigenvalue weighted by Crippen LogP contribution is -2.16. The number of para-hydroxylation sites is 2. The molecule has 4 nitrogen and oxygen atoms in total. The van der Waals surface area contributed by atoms with Crippen LogP contribution >= 0.6 is 0 Å². The van der Waals surface area contributed by atoms with Crippen molar-refractivity contribution in [3.8, 4) is 39.1 Å². The van der Waals surface area contributed by atoms with Gasteiger partial charge in [-0.05, 0) is 84.4 Å². The molecule has 0 saturated heterocycles. The Morgan fingerprint density at radius 1 is 0.540 bits per heavy atom. The van der Waals surface area contributed by atoms with Crippen molar-refractivity contribution in [2.75, 3.05) is 0 Å². The molecular formula is C45H30N2O2S. The molecule has 0 aliphatic carbocycles. The molecule has 50 heavy (non-hydrogen) atoms. The third-order valence-corrected chi connectivity index (χ3v) is 12.1. The molecule has 238 valence electrons. The lowest BCUT2D eigenvalue weighted by atomic mass is 9.83. The first kappa shape index (κ1) is 28.9. The van der Waals surface area contributed by atoms with Crippen molar-refractivity contribution in [2.24, 2.45) is 0 Å². The third kappa shape index (κ3) is 3.98. The molecule has 9 aromatic rings. The molecule has 2 heterocycles. The molecule has 0 fully saturated rings. The zero-order chi connectivity index (χ0) is 33.6. The van der Waals surface area contributed by atoms with E-state index in [-0.39, 0.29) is 0 Å². The summed E-state index contributed by atoms with van der Waals surface area (Å²) in [5.74, 6) is 0.839. The van der Waals surface area contributed by atoms with Crippen LogP contribution in [0.15, 0.2) is 161 Å². The average Bonchev–Trinajstić information content (AvgIpc) is 3.55. The first-order valence-electron chi connectivity index (χ1n) is 17.0. The Balaban J connectivity index is 1.36. The van der Waals surface area contributed by atoms with Crippen LogP contribution < -0.4 is 0 Å². The van der Waals surface area contributed by atoms with Gasteiger partial charge in [0.2, 0.25) is 9.84 Å². The molecule has 0 unspecified atom stereocenters. The molecule has 10 rings (SSSR count). The Morgan fingerprint density at radius 3 is 2.00 bits per heavy atom.